The van der Waals surface area contributed by atoms with Crippen LogP contribution in [0.1, 0.15) is 84.0 Å². The third kappa shape index (κ3) is 5.28. The molecule has 1 saturated carbocycles. The summed E-state index contributed by atoms with van der Waals surface area (Å²) in [5, 5.41) is 12.1. The van der Waals surface area contributed by atoms with Crippen LogP contribution in [0.15, 0.2) is 24.3 Å². The van der Waals surface area contributed by atoms with E-state index in [2.05, 4.69) is 10.2 Å². The highest BCUT2D eigenvalue weighted by Crippen LogP contribution is 2.41. The number of amides is 1. The van der Waals surface area contributed by atoms with Gasteiger partial charge in [-0.15, -0.1) is 0 Å². The van der Waals surface area contributed by atoms with E-state index >= 15 is 0 Å². The Labute approximate surface area is 192 Å². The zero-order valence-corrected chi connectivity index (χ0v) is 19.5. The number of anilines is 2. The van der Waals surface area contributed by atoms with Crippen LogP contribution in [-0.4, -0.2) is 52.6 Å². The van der Waals surface area contributed by atoms with E-state index < -0.39 is 5.97 Å². The molecule has 0 spiro atoms. The van der Waals surface area contributed by atoms with E-state index in [0.717, 1.165) is 24.2 Å². The summed E-state index contributed by atoms with van der Waals surface area (Å²) >= 11 is 0. The summed E-state index contributed by atoms with van der Waals surface area (Å²) in [7, 11) is 0. The number of hydrogen-bond acceptors (Lipinski definition) is 4. The lowest BCUT2D eigenvalue weighted by atomic mass is 9.78. The minimum absolute atomic E-state index is 0.0389. The molecule has 0 radical (unpaired) electrons. The Kier molecular flexibility index (Phi) is 7.71. The standard InChI is InChI=1S/C26H39N3O3/c1-19(30)28(25-15-8-7-14-24(25)27-18-26(31)32)23-16-21-12-9-13-22(17-23)29(21)20-10-5-3-2-4-6-11-20/h7-8,14-15,20-23,27H,2-6,9-13,16-18H2,1H3,(H,31,32)/t21-,22?,23?/m1/s1. The van der Waals surface area contributed by atoms with Crippen LogP contribution in [0.25, 0.3) is 0 Å². The number of rotatable bonds is 6. The summed E-state index contributed by atoms with van der Waals surface area (Å²) in [6.07, 6.45) is 15.3. The van der Waals surface area contributed by atoms with E-state index in [9.17, 15) is 9.59 Å². The number of piperidine rings is 2. The molecule has 2 aliphatic heterocycles. The van der Waals surface area contributed by atoms with E-state index in [4.69, 9.17) is 5.11 Å². The molecule has 176 valence electrons. The molecule has 32 heavy (non-hydrogen) atoms. The van der Waals surface area contributed by atoms with Gasteiger partial charge in [0.15, 0.2) is 0 Å². The van der Waals surface area contributed by atoms with Gasteiger partial charge in [-0.05, 0) is 50.7 Å². The van der Waals surface area contributed by atoms with Gasteiger partial charge in [0.05, 0.1) is 11.4 Å². The van der Waals surface area contributed by atoms with Crippen LogP contribution in [0.4, 0.5) is 11.4 Å². The van der Waals surface area contributed by atoms with E-state index in [0.29, 0.717) is 18.1 Å². The number of para-hydroxylation sites is 2. The minimum Gasteiger partial charge on any atom is -0.480 e. The third-order valence-corrected chi connectivity index (χ3v) is 7.80. The highest BCUT2D eigenvalue weighted by Gasteiger charge is 2.43. The zero-order valence-electron chi connectivity index (χ0n) is 19.5. The summed E-state index contributed by atoms with van der Waals surface area (Å²) in [6, 6.07) is 9.62. The predicted octanol–water partition coefficient (Wildman–Crippen LogP) is 5.03. The fourth-order valence-electron chi connectivity index (χ4n) is 6.56. The number of carbonyl (C=O) groups is 2. The molecule has 0 aromatic heterocycles. The molecule has 4 rings (SSSR count). The summed E-state index contributed by atoms with van der Waals surface area (Å²) in [5.41, 5.74) is 1.53. The van der Waals surface area contributed by atoms with Crippen molar-refractivity contribution < 1.29 is 14.7 Å². The van der Waals surface area contributed by atoms with Gasteiger partial charge in [0.1, 0.15) is 6.54 Å². The van der Waals surface area contributed by atoms with E-state index in [1.54, 1.807) is 6.92 Å². The molecule has 2 saturated heterocycles. The second-order valence-corrected chi connectivity index (χ2v) is 9.96. The van der Waals surface area contributed by atoms with Crippen molar-refractivity contribution in [2.45, 2.75) is 108 Å². The summed E-state index contributed by atoms with van der Waals surface area (Å²) in [4.78, 5) is 28.8. The van der Waals surface area contributed by atoms with Crippen LogP contribution in [-0.2, 0) is 9.59 Å². The Morgan fingerprint density at radius 2 is 1.53 bits per heavy atom. The fraction of sp³-hybridized carbons (Fsp3) is 0.692. The normalized spacial score (nSPS) is 27.2. The summed E-state index contributed by atoms with van der Waals surface area (Å²) < 4.78 is 0. The Balaban J connectivity index is 1.55. The van der Waals surface area contributed by atoms with Crippen LogP contribution in [0.3, 0.4) is 0 Å². The number of hydrogen-bond donors (Lipinski definition) is 2. The Morgan fingerprint density at radius 3 is 2.16 bits per heavy atom. The van der Waals surface area contributed by atoms with Gasteiger partial charge in [-0.25, -0.2) is 0 Å². The summed E-state index contributed by atoms with van der Waals surface area (Å²) in [5.74, 6) is -0.867. The minimum atomic E-state index is -0.906. The van der Waals surface area contributed by atoms with Crippen molar-refractivity contribution >= 4 is 23.3 Å². The molecule has 2 bridgehead atoms. The van der Waals surface area contributed by atoms with Crippen LogP contribution in [0, 0.1) is 0 Å². The average molecular weight is 442 g/mol. The molecule has 1 amide bonds. The van der Waals surface area contributed by atoms with Gasteiger partial charge in [-0.3, -0.25) is 14.5 Å². The van der Waals surface area contributed by atoms with Crippen molar-refractivity contribution in [2.24, 2.45) is 0 Å². The molecular formula is C26H39N3O3. The van der Waals surface area contributed by atoms with Crippen molar-refractivity contribution in [1.82, 2.24) is 4.90 Å². The van der Waals surface area contributed by atoms with Crippen molar-refractivity contribution in [2.75, 3.05) is 16.8 Å². The largest absolute Gasteiger partial charge is 0.480 e. The van der Waals surface area contributed by atoms with Crippen LogP contribution >= 0.6 is 0 Å². The molecule has 2 heterocycles. The molecule has 3 fully saturated rings. The van der Waals surface area contributed by atoms with Crippen LogP contribution in [0.5, 0.6) is 0 Å². The topological polar surface area (TPSA) is 72.9 Å². The van der Waals surface area contributed by atoms with E-state index in [1.807, 2.05) is 29.2 Å². The van der Waals surface area contributed by atoms with Crippen LogP contribution in [0.2, 0.25) is 0 Å². The maximum atomic E-state index is 12.9. The number of carbonyl (C=O) groups excluding carboxylic acids is 1. The molecule has 3 atom stereocenters. The first kappa shape index (κ1) is 23.1. The molecule has 3 aliphatic rings. The first-order valence-corrected chi connectivity index (χ1v) is 12.7. The first-order chi connectivity index (χ1) is 15.5. The molecule has 2 N–H and O–H groups in total. The highest BCUT2D eigenvalue weighted by atomic mass is 16.4. The van der Waals surface area contributed by atoms with Crippen molar-refractivity contribution in [3.8, 4) is 0 Å². The lowest BCUT2D eigenvalue weighted by molar-refractivity contribution is -0.135. The number of nitrogens with one attached hydrogen (secondary N) is 1. The zero-order chi connectivity index (χ0) is 22.5. The molecule has 1 aromatic carbocycles. The highest BCUT2D eigenvalue weighted by molar-refractivity contribution is 5.96. The first-order valence-electron chi connectivity index (χ1n) is 12.7. The van der Waals surface area contributed by atoms with Gasteiger partial charge in [-0.2, -0.15) is 0 Å². The van der Waals surface area contributed by atoms with Crippen molar-refractivity contribution in [1.29, 1.82) is 0 Å². The van der Waals surface area contributed by atoms with Crippen molar-refractivity contribution in [3.05, 3.63) is 24.3 Å². The van der Waals surface area contributed by atoms with Gasteiger partial charge < -0.3 is 15.3 Å². The second kappa shape index (κ2) is 10.7. The molecule has 2 unspecified atom stereocenters. The van der Waals surface area contributed by atoms with Gasteiger partial charge >= 0.3 is 5.97 Å². The lowest BCUT2D eigenvalue weighted by Crippen LogP contribution is -2.60. The second-order valence-electron chi connectivity index (χ2n) is 9.96. The maximum absolute atomic E-state index is 12.9. The number of fused-ring (bicyclic) bond motifs is 2. The van der Waals surface area contributed by atoms with Gasteiger partial charge in [0.2, 0.25) is 5.91 Å². The smallest absolute Gasteiger partial charge is 0.322 e. The van der Waals surface area contributed by atoms with Crippen LogP contribution < -0.4 is 10.2 Å². The number of aliphatic carboxylic acids is 1. The molecule has 1 aromatic rings. The predicted molar refractivity (Wildman–Crippen MR) is 128 cm³/mol. The van der Waals surface area contributed by atoms with Gasteiger partial charge in [0, 0.05) is 31.1 Å². The Bertz CT molecular complexity index is 776. The monoisotopic (exact) mass is 441 g/mol. The quantitative estimate of drug-likeness (QED) is 0.647. The SMILES string of the molecule is CC(=O)N(c1ccccc1NCC(=O)O)C1CC2CCC[C@H](C1)N2C1CCCCCCC1. The van der Waals surface area contributed by atoms with E-state index in [1.165, 1.54) is 64.2 Å². The number of carboxylic acids is 1. The summed E-state index contributed by atoms with van der Waals surface area (Å²) in [6.45, 7) is 1.49. The fourth-order valence-corrected chi connectivity index (χ4v) is 6.56. The Morgan fingerprint density at radius 1 is 0.938 bits per heavy atom. The van der Waals surface area contributed by atoms with Gasteiger partial charge in [0.25, 0.3) is 0 Å². The third-order valence-electron chi connectivity index (χ3n) is 7.80. The number of nitrogens with zero attached hydrogens (tertiary/aromatic N) is 2. The van der Waals surface area contributed by atoms with Crippen molar-refractivity contribution in [3.63, 3.8) is 0 Å². The van der Waals surface area contributed by atoms with Gasteiger partial charge in [-0.1, -0.05) is 50.7 Å². The molecule has 6 nitrogen and oxygen atoms in total. The maximum Gasteiger partial charge on any atom is 0.322 e. The van der Waals surface area contributed by atoms with E-state index in [-0.39, 0.29) is 18.5 Å². The Hall–Kier alpha value is -2.08. The number of carboxylic acid groups (broad SMARTS) is 1. The molecule has 6 heteroatoms. The number of benzene rings is 1. The lowest BCUT2D eigenvalue weighted by Gasteiger charge is -2.54. The average Bonchev–Trinajstić information content (AvgIpc) is 2.72. The molecule has 1 aliphatic carbocycles. The molecular weight excluding hydrogens is 402 g/mol.